The van der Waals surface area contributed by atoms with Gasteiger partial charge in [-0.25, -0.2) is 29.5 Å². The van der Waals surface area contributed by atoms with Gasteiger partial charge in [-0.3, -0.25) is 28.5 Å². The third kappa shape index (κ3) is 13.0. The molecule has 0 atom stereocenters. The van der Waals surface area contributed by atoms with Crippen molar-refractivity contribution in [3.05, 3.63) is 237 Å². The van der Waals surface area contributed by atoms with Gasteiger partial charge in [-0.1, -0.05) is 133 Å². The second kappa shape index (κ2) is 27.2. The van der Waals surface area contributed by atoms with Gasteiger partial charge in [0.05, 0.1) is 66.9 Å². The molecule has 0 spiro atoms. The number of para-hydroxylation sites is 4. The fourth-order valence-corrected chi connectivity index (χ4v) is 14.4. The van der Waals surface area contributed by atoms with E-state index in [9.17, 15) is 19.2 Å². The van der Waals surface area contributed by atoms with Gasteiger partial charge in [0, 0.05) is 137 Å². The van der Waals surface area contributed by atoms with E-state index in [-0.39, 0.29) is 35.3 Å². The lowest BCUT2D eigenvalue weighted by atomic mass is 10.0. The maximum absolute atomic E-state index is 13.4. The minimum atomic E-state index is -0.0187. The van der Waals surface area contributed by atoms with Crippen LogP contribution in [0.1, 0.15) is 69.6 Å². The predicted molar refractivity (Wildman–Crippen MR) is 380 cm³/mol. The second-order valence-electron chi connectivity index (χ2n) is 26.2. The van der Waals surface area contributed by atoms with Crippen LogP contribution in [0.4, 0.5) is 0 Å². The molecule has 4 fully saturated rings. The number of H-pyrrole nitrogens is 2. The first kappa shape index (κ1) is 61.9. The number of nitrogens with zero attached hydrogens (tertiary/aromatic N) is 12. The van der Waals surface area contributed by atoms with Gasteiger partial charge in [0.2, 0.25) is 0 Å². The van der Waals surface area contributed by atoms with Crippen molar-refractivity contribution in [2.75, 3.05) is 92.6 Å². The highest BCUT2D eigenvalue weighted by Crippen LogP contribution is 2.35. The van der Waals surface area contributed by atoms with Crippen LogP contribution >= 0.6 is 0 Å². The molecule has 2 N–H and O–H groups in total. The Morgan fingerprint density at radius 3 is 1.08 bits per heavy atom. The Hall–Kier alpha value is -10.2. The molecule has 4 aromatic heterocycles. The quantitative estimate of drug-likeness (QED) is 0.118. The van der Waals surface area contributed by atoms with Crippen LogP contribution in [0.2, 0.25) is 0 Å². The van der Waals surface area contributed by atoms with Crippen molar-refractivity contribution in [1.82, 2.24) is 68.4 Å². The molecule has 4 aliphatic heterocycles. The van der Waals surface area contributed by atoms with Crippen LogP contribution in [0.25, 0.3) is 89.2 Å². The Morgan fingerprint density at radius 2 is 0.708 bits per heavy atom. The summed E-state index contributed by atoms with van der Waals surface area (Å²) in [5.74, 6) is 0.0891. The molecule has 0 radical (unpaired) electrons. The zero-order valence-electron chi connectivity index (χ0n) is 54.4. The minimum Gasteiger partial charge on any atom is -0.336 e. The number of hydrogen-bond donors (Lipinski definition) is 2. The van der Waals surface area contributed by atoms with Crippen molar-refractivity contribution in [2.24, 2.45) is 0 Å². The highest BCUT2D eigenvalue weighted by atomic mass is 16.2. The molecule has 16 rings (SSSR count). The summed E-state index contributed by atoms with van der Waals surface area (Å²) in [4.78, 5) is 91.9. The number of likely N-dealkylation sites (N-methyl/N-ethyl adjacent to an activating group) is 2. The van der Waals surface area contributed by atoms with E-state index in [4.69, 9.17) is 19.9 Å². The number of amides is 2. The third-order valence-electron chi connectivity index (χ3n) is 19.9. The van der Waals surface area contributed by atoms with Crippen LogP contribution in [0, 0.1) is 0 Å². The smallest absolute Gasteiger partial charge is 0.326 e. The number of fused-ring (bicyclic) bond motifs is 4. The van der Waals surface area contributed by atoms with Crippen LogP contribution < -0.4 is 11.4 Å². The monoisotopic (exact) mass is 1270 g/mol. The van der Waals surface area contributed by atoms with E-state index in [2.05, 4.69) is 116 Å². The second-order valence-corrected chi connectivity index (χ2v) is 26.2. The van der Waals surface area contributed by atoms with Crippen molar-refractivity contribution in [3.8, 4) is 45.0 Å². The summed E-state index contributed by atoms with van der Waals surface area (Å²) < 4.78 is 3.89. The molecule has 0 bridgehead atoms. The Labute approximate surface area is 557 Å². The summed E-state index contributed by atoms with van der Waals surface area (Å²) in [6.45, 7) is 11.9. The number of piperidine rings is 2. The van der Waals surface area contributed by atoms with Gasteiger partial charge in [0.15, 0.2) is 0 Å². The highest BCUT2D eigenvalue weighted by molar-refractivity contribution is 5.99. The molecule has 8 aromatic carbocycles. The lowest BCUT2D eigenvalue weighted by molar-refractivity contribution is 0.0657. The van der Waals surface area contributed by atoms with Crippen molar-refractivity contribution < 1.29 is 9.59 Å². The largest absolute Gasteiger partial charge is 0.336 e. The molecule has 2 amide bonds. The summed E-state index contributed by atoms with van der Waals surface area (Å²) in [6.07, 6.45) is 3.75. The fourth-order valence-electron chi connectivity index (χ4n) is 14.4. The molecule has 4 saturated heterocycles. The van der Waals surface area contributed by atoms with Crippen LogP contribution in [0.5, 0.6) is 0 Å². The van der Waals surface area contributed by atoms with E-state index in [1.807, 2.05) is 140 Å². The summed E-state index contributed by atoms with van der Waals surface area (Å²) in [6, 6.07) is 65.3. The van der Waals surface area contributed by atoms with Crippen molar-refractivity contribution in [3.63, 3.8) is 0 Å². The summed E-state index contributed by atoms with van der Waals surface area (Å²) in [7, 11) is 4.18. The Balaban J connectivity index is 0.000000158. The summed E-state index contributed by atoms with van der Waals surface area (Å²) >= 11 is 0. The maximum atomic E-state index is 13.4. The lowest BCUT2D eigenvalue weighted by Crippen LogP contribution is -2.47. The Morgan fingerprint density at radius 1 is 0.375 bits per heavy atom. The zero-order valence-corrected chi connectivity index (χ0v) is 54.4. The molecule has 0 saturated carbocycles. The molecule has 4 aliphatic rings. The van der Waals surface area contributed by atoms with E-state index in [1.54, 1.807) is 0 Å². The predicted octanol–water partition coefficient (Wildman–Crippen LogP) is 11.7. The molecule has 96 heavy (non-hydrogen) atoms. The van der Waals surface area contributed by atoms with Gasteiger partial charge < -0.3 is 29.6 Å². The van der Waals surface area contributed by atoms with E-state index < -0.39 is 0 Å². The topological polar surface area (TPSA) is 181 Å². The van der Waals surface area contributed by atoms with Crippen molar-refractivity contribution in [1.29, 1.82) is 0 Å². The SMILES string of the molecule is CN1CCN(C(=O)c2ccc3nc(-c4ccc(CN5CCC(n6c(=O)[nH]c7ccccc76)CC5)cc4)c(-c4ccccc4)nc3c2)CC1.CN1CCN(C(=O)c2ccc3nc(-c4ccccc4)c(-c4ccc(CN5CCC(n6c(=O)[nH]c7ccccc76)CC5)cc4)nc3c2)CC1. The van der Waals surface area contributed by atoms with Crippen LogP contribution in [0.3, 0.4) is 0 Å². The van der Waals surface area contributed by atoms with Crippen LogP contribution in [-0.2, 0) is 13.1 Å². The number of carbonyl (C=O) groups is 2. The number of benzene rings is 8. The van der Waals surface area contributed by atoms with Gasteiger partial charge in [-0.2, -0.15) is 0 Å². The molecule has 8 heterocycles. The first-order valence-electron chi connectivity index (χ1n) is 33.7. The Kier molecular flexibility index (Phi) is 17.6. The molecular formula is C78H78N14O4. The summed E-state index contributed by atoms with van der Waals surface area (Å²) in [5.41, 5.74) is 17.7. The van der Waals surface area contributed by atoms with E-state index in [1.165, 1.54) is 11.1 Å². The summed E-state index contributed by atoms with van der Waals surface area (Å²) in [5, 5.41) is 0. The average Bonchev–Trinajstić information content (AvgIpc) is 1.12. The van der Waals surface area contributed by atoms with Crippen molar-refractivity contribution >= 4 is 55.9 Å². The third-order valence-corrected chi connectivity index (χ3v) is 19.9. The number of imidazole rings is 2. The number of aromatic amines is 2. The normalized spacial score (nSPS) is 16.6. The molecule has 18 nitrogen and oxygen atoms in total. The average molecular weight is 1280 g/mol. The fraction of sp³-hybridized carbons (Fsp3) is 0.282. The molecule has 0 aliphatic carbocycles. The van der Waals surface area contributed by atoms with Crippen molar-refractivity contribution in [2.45, 2.75) is 50.9 Å². The molecule has 12 aromatic rings. The number of piperazine rings is 2. The van der Waals surface area contributed by atoms with E-state index in [0.717, 1.165) is 195 Å². The number of aromatic nitrogens is 8. The van der Waals surface area contributed by atoms with Gasteiger partial charge >= 0.3 is 11.4 Å². The van der Waals surface area contributed by atoms with Crippen LogP contribution in [-0.4, -0.2) is 173 Å². The van der Waals surface area contributed by atoms with Crippen LogP contribution in [0.15, 0.2) is 204 Å². The standard InChI is InChI=1S/2C39H39N7O2/c1-43-21-23-45(24-22-43)38(47)30-15-16-32-34(25-30)41-36(28-7-3-2-4-8-28)37(40-32)29-13-11-27(12-14-29)26-44-19-17-31(18-20-44)46-35-10-6-5-9-33(35)42-39(46)48;1-43-21-23-45(24-22-43)38(47)30-15-16-32-34(25-30)41-37(36(40-32)28-7-3-2-4-8-28)29-13-11-27(12-14-29)26-44-19-17-31(18-20-44)46-35-10-6-5-9-33(35)42-39(46)48/h2*2-16,25,31H,17-24,26H2,1H3,(H,42,48). The zero-order chi connectivity index (χ0) is 65.2. The van der Waals surface area contributed by atoms with E-state index in [0.29, 0.717) is 22.2 Å². The first-order chi connectivity index (χ1) is 47.0. The maximum Gasteiger partial charge on any atom is 0.326 e. The Bertz CT molecular complexity index is 4900. The molecular weight excluding hydrogens is 1200 g/mol. The molecule has 0 unspecified atom stereocenters. The highest BCUT2D eigenvalue weighted by Gasteiger charge is 2.28. The number of rotatable bonds is 12. The number of likely N-dealkylation sites (tertiary alicyclic amines) is 2. The van der Waals surface area contributed by atoms with Gasteiger partial charge in [0.1, 0.15) is 0 Å². The molecule has 484 valence electrons. The lowest BCUT2D eigenvalue weighted by Gasteiger charge is -2.32. The first-order valence-corrected chi connectivity index (χ1v) is 33.7. The molecule has 18 heteroatoms. The van der Waals surface area contributed by atoms with Gasteiger partial charge in [-0.15, -0.1) is 0 Å². The number of nitrogens with one attached hydrogen (secondary N) is 2. The number of hydrogen-bond acceptors (Lipinski definition) is 12. The van der Waals surface area contributed by atoms with E-state index >= 15 is 0 Å². The van der Waals surface area contributed by atoms with Gasteiger partial charge in [-0.05, 0) is 112 Å². The minimum absolute atomic E-state index is 0.0171. The number of carbonyl (C=O) groups excluding carboxylic acids is 2. The van der Waals surface area contributed by atoms with Gasteiger partial charge in [0.25, 0.3) is 11.8 Å².